The van der Waals surface area contributed by atoms with E-state index in [4.69, 9.17) is 4.74 Å². The molecule has 0 atom stereocenters. The van der Waals surface area contributed by atoms with Gasteiger partial charge in [-0.25, -0.2) is 9.38 Å². The Kier molecular flexibility index (Phi) is 8.34. The molecule has 0 bridgehead atoms. The third kappa shape index (κ3) is 7.00. The molecule has 2 N–H and O–H groups in total. The molecule has 0 aromatic heterocycles. The van der Waals surface area contributed by atoms with Crippen LogP contribution in [0.4, 0.5) is 10.1 Å². The van der Waals surface area contributed by atoms with Gasteiger partial charge < -0.3 is 20.3 Å². The van der Waals surface area contributed by atoms with Crippen molar-refractivity contribution in [1.82, 2.24) is 10.2 Å². The normalized spacial score (nSPS) is 15.6. The quantitative estimate of drug-likeness (QED) is 0.576. The van der Waals surface area contributed by atoms with Crippen molar-refractivity contribution >= 4 is 17.6 Å². The minimum atomic E-state index is -0.382. The van der Waals surface area contributed by atoms with Crippen molar-refractivity contribution in [2.45, 2.75) is 26.2 Å². The summed E-state index contributed by atoms with van der Waals surface area (Å²) in [6, 6.07) is 5.83. The number of carbonyl (C=O) groups is 1. The number of rotatable bonds is 7. The van der Waals surface area contributed by atoms with Gasteiger partial charge in [0.15, 0.2) is 5.96 Å². The molecule has 2 rings (SSSR count). The summed E-state index contributed by atoms with van der Waals surface area (Å²) in [5, 5.41) is 5.87. The monoisotopic (exact) mass is 364 g/mol. The molecule has 1 aromatic carbocycles. The number of benzene rings is 1. The molecule has 6 nitrogen and oxygen atoms in total. The number of ether oxygens (including phenoxy) is 1. The third-order valence-corrected chi connectivity index (χ3v) is 4.39. The van der Waals surface area contributed by atoms with Gasteiger partial charge in [0.05, 0.1) is 0 Å². The second-order valence-corrected chi connectivity index (χ2v) is 6.49. The molecule has 1 saturated heterocycles. The number of hydrogen-bond acceptors (Lipinski definition) is 3. The second kappa shape index (κ2) is 10.8. The van der Waals surface area contributed by atoms with Crippen LogP contribution in [-0.2, 0) is 9.53 Å². The van der Waals surface area contributed by atoms with E-state index in [0.29, 0.717) is 17.6 Å². The fourth-order valence-corrected chi connectivity index (χ4v) is 2.90. The first-order chi connectivity index (χ1) is 12.6. The second-order valence-electron chi connectivity index (χ2n) is 6.49. The van der Waals surface area contributed by atoms with E-state index in [1.54, 1.807) is 12.1 Å². The summed E-state index contributed by atoms with van der Waals surface area (Å²) in [5.74, 6) is 0.732. The highest BCUT2D eigenvalue weighted by Crippen LogP contribution is 2.18. The third-order valence-electron chi connectivity index (χ3n) is 4.39. The maximum Gasteiger partial charge on any atom is 0.246 e. The van der Waals surface area contributed by atoms with Crippen LogP contribution in [0.25, 0.3) is 0 Å². The standard InChI is InChI=1S/C19H29FN4O2/c1-3-21-19(24(2)10-7-15-8-11-26-12-9-15)22-14-18(25)23-17-6-4-5-16(20)13-17/h4-6,13,15H,3,7-12,14H2,1-2H3,(H,21,22)(H,23,25). The Hall–Kier alpha value is -2.15. The minimum absolute atomic E-state index is 0.0134. The number of aliphatic imine (C=N–C) groups is 1. The molecule has 0 aliphatic carbocycles. The van der Waals surface area contributed by atoms with Crippen LogP contribution in [0.1, 0.15) is 26.2 Å². The number of guanidine groups is 1. The topological polar surface area (TPSA) is 66.0 Å². The van der Waals surface area contributed by atoms with Gasteiger partial charge >= 0.3 is 0 Å². The Bertz CT molecular complexity index is 603. The van der Waals surface area contributed by atoms with Crippen LogP contribution in [0, 0.1) is 11.7 Å². The maximum atomic E-state index is 13.2. The van der Waals surface area contributed by atoms with Crippen molar-refractivity contribution in [2.24, 2.45) is 10.9 Å². The van der Waals surface area contributed by atoms with Gasteiger partial charge in [-0.05, 0) is 50.3 Å². The average molecular weight is 364 g/mol. The van der Waals surface area contributed by atoms with Crippen molar-refractivity contribution < 1.29 is 13.9 Å². The van der Waals surface area contributed by atoms with E-state index >= 15 is 0 Å². The Morgan fingerprint density at radius 1 is 1.38 bits per heavy atom. The number of nitrogens with zero attached hydrogens (tertiary/aromatic N) is 2. The molecule has 0 unspecified atom stereocenters. The maximum absolute atomic E-state index is 13.2. The number of anilines is 1. The highest BCUT2D eigenvalue weighted by Gasteiger charge is 2.15. The zero-order valence-electron chi connectivity index (χ0n) is 15.6. The Labute approximate surface area is 154 Å². The average Bonchev–Trinajstić information content (AvgIpc) is 2.64. The molecule has 144 valence electrons. The van der Waals surface area contributed by atoms with Gasteiger partial charge in [0, 0.05) is 39.0 Å². The van der Waals surface area contributed by atoms with E-state index in [-0.39, 0.29) is 18.3 Å². The Balaban J connectivity index is 1.84. The summed E-state index contributed by atoms with van der Waals surface area (Å²) in [6.45, 7) is 5.29. The molecule has 1 aliphatic rings. The molecule has 1 amide bonds. The summed E-state index contributed by atoms with van der Waals surface area (Å²) in [4.78, 5) is 18.5. The van der Waals surface area contributed by atoms with Gasteiger partial charge in [-0.15, -0.1) is 0 Å². The lowest BCUT2D eigenvalue weighted by Crippen LogP contribution is -2.40. The molecule has 26 heavy (non-hydrogen) atoms. The zero-order chi connectivity index (χ0) is 18.8. The lowest BCUT2D eigenvalue weighted by molar-refractivity contribution is -0.114. The van der Waals surface area contributed by atoms with Gasteiger partial charge in [0.1, 0.15) is 12.4 Å². The van der Waals surface area contributed by atoms with E-state index in [1.165, 1.54) is 12.1 Å². The minimum Gasteiger partial charge on any atom is -0.381 e. The van der Waals surface area contributed by atoms with Crippen LogP contribution in [-0.4, -0.2) is 56.7 Å². The Morgan fingerprint density at radius 2 is 2.15 bits per heavy atom. The summed E-state index contributed by atoms with van der Waals surface area (Å²) in [7, 11) is 1.98. The van der Waals surface area contributed by atoms with Gasteiger partial charge in [0.2, 0.25) is 5.91 Å². The summed E-state index contributed by atoms with van der Waals surface area (Å²) < 4.78 is 18.6. The van der Waals surface area contributed by atoms with Crippen molar-refractivity contribution in [1.29, 1.82) is 0 Å². The highest BCUT2D eigenvalue weighted by molar-refractivity contribution is 5.94. The molecule has 1 heterocycles. The number of amides is 1. The number of nitrogens with one attached hydrogen (secondary N) is 2. The van der Waals surface area contributed by atoms with Gasteiger partial charge in [0.25, 0.3) is 0 Å². The lowest BCUT2D eigenvalue weighted by atomic mass is 9.96. The molecule has 0 spiro atoms. The van der Waals surface area contributed by atoms with E-state index in [9.17, 15) is 9.18 Å². The lowest BCUT2D eigenvalue weighted by Gasteiger charge is -2.26. The van der Waals surface area contributed by atoms with E-state index in [1.807, 2.05) is 14.0 Å². The van der Waals surface area contributed by atoms with E-state index in [2.05, 4.69) is 20.5 Å². The molecule has 7 heteroatoms. The molecule has 1 aliphatic heterocycles. The number of carbonyl (C=O) groups excluding carboxylic acids is 1. The first-order valence-corrected chi connectivity index (χ1v) is 9.21. The summed E-state index contributed by atoms with van der Waals surface area (Å²) >= 11 is 0. The molecule has 0 saturated carbocycles. The van der Waals surface area contributed by atoms with Crippen LogP contribution in [0.15, 0.2) is 29.3 Å². The van der Waals surface area contributed by atoms with Crippen molar-refractivity contribution in [2.75, 3.05) is 45.2 Å². The van der Waals surface area contributed by atoms with Crippen LogP contribution < -0.4 is 10.6 Å². The molecule has 1 aromatic rings. The van der Waals surface area contributed by atoms with Crippen molar-refractivity contribution in [3.63, 3.8) is 0 Å². The Morgan fingerprint density at radius 3 is 2.85 bits per heavy atom. The first-order valence-electron chi connectivity index (χ1n) is 9.21. The van der Waals surface area contributed by atoms with Crippen LogP contribution >= 0.6 is 0 Å². The van der Waals surface area contributed by atoms with Gasteiger partial charge in [-0.3, -0.25) is 4.79 Å². The zero-order valence-corrected chi connectivity index (χ0v) is 15.6. The van der Waals surface area contributed by atoms with Crippen molar-refractivity contribution in [3.8, 4) is 0 Å². The number of hydrogen-bond donors (Lipinski definition) is 2. The predicted molar refractivity (Wildman–Crippen MR) is 102 cm³/mol. The predicted octanol–water partition coefficient (Wildman–Crippen LogP) is 2.48. The number of halogens is 1. The SMILES string of the molecule is CCNC(=NCC(=O)Nc1cccc(F)c1)N(C)CCC1CCOCC1. The smallest absolute Gasteiger partial charge is 0.246 e. The van der Waals surface area contributed by atoms with Crippen LogP contribution in [0.2, 0.25) is 0 Å². The van der Waals surface area contributed by atoms with Gasteiger partial charge in [-0.1, -0.05) is 6.07 Å². The summed E-state index contributed by atoms with van der Waals surface area (Å²) in [6.07, 6.45) is 3.30. The molecule has 0 radical (unpaired) electrons. The van der Waals surface area contributed by atoms with Crippen LogP contribution in [0.3, 0.4) is 0 Å². The van der Waals surface area contributed by atoms with E-state index < -0.39 is 0 Å². The summed E-state index contributed by atoms with van der Waals surface area (Å²) in [5.41, 5.74) is 0.433. The fourth-order valence-electron chi connectivity index (χ4n) is 2.90. The van der Waals surface area contributed by atoms with Crippen LogP contribution in [0.5, 0.6) is 0 Å². The molecular weight excluding hydrogens is 335 g/mol. The van der Waals surface area contributed by atoms with Crippen molar-refractivity contribution in [3.05, 3.63) is 30.1 Å². The molecular formula is C19H29FN4O2. The molecule has 1 fully saturated rings. The fraction of sp³-hybridized carbons (Fsp3) is 0.579. The largest absolute Gasteiger partial charge is 0.381 e. The van der Waals surface area contributed by atoms with E-state index in [0.717, 1.165) is 45.6 Å². The first kappa shape index (κ1) is 20.2. The highest BCUT2D eigenvalue weighted by atomic mass is 19.1. The van der Waals surface area contributed by atoms with Gasteiger partial charge in [-0.2, -0.15) is 0 Å².